The number of nitrogens with one attached hydrogen (secondary N) is 1. The molecule has 0 saturated heterocycles. The Hall–Kier alpha value is -0.870. The Labute approximate surface area is 78.6 Å². The predicted molar refractivity (Wildman–Crippen MR) is 50.3 cm³/mol. The van der Waals surface area contributed by atoms with Crippen molar-refractivity contribution < 1.29 is 14.6 Å². The highest BCUT2D eigenvalue weighted by molar-refractivity contribution is 5.82. The van der Waals surface area contributed by atoms with Crippen molar-refractivity contribution in [1.82, 2.24) is 5.32 Å². The van der Waals surface area contributed by atoms with Gasteiger partial charge in [0.2, 0.25) is 0 Å². The Kier molecular flexibility index (Phi) is 4.66. The maximum absolute atomic E-state index is 10.8. The van der Waals surface area contributed by atoms with Crippen molar-refractivity contribution in [3.63, 3.8) is 0 Å². The number of aliphatic hydroxyl groups is 1. The summed E-state index contributed by atoms with van der Waals surface area (Å²) < 4.78 is 4.45. The maximum Gasteiger partial charge on any atom is 0.330 e. The van der Waals surface area contributed by atoms with Gasteiger partial charge in [0.25, 0.3) is 0 Å². The van der Waals surface area contributed by atoms with Crippen LogP contribution in [0.25, 0.3) is 0 Å². The Morgan fingerprint density at radius 1 is 1.69 bits per heavy atom. The largest absolute Gasteiger partial charge is 0.466 e. The first-order valence-corrected chi connectivity index (χ1v) is 4.07. The molecular formula is C9H17NO3. The van der Waals surface area contributed by atoms with Gasteiger partial charge in [0.1, 0.15) is 0 Å². The van der Waals surface area contributed by atoms with E-state index in [1.807, 2.05) is 0 Å². The first-order chi connectivity index (χ1) is 5.94. The topological polar surface area (TPSA) is 58.6 Å². The third kappa shape index (κ3) is 4.05. The summed E-state index contributed by atoms with van der Waals surface area (Å²) in [4.78, 5) is 10.8. The van der Waals surface area contributed by atoms with Gasteiger partial charge in [-0.15, -0.1) is 0 Å². The lowest BCUT2D eigenvalue weighted by Crippen LogP contribution is -2.37. The molecule has 0 spiro atoms. The van der Waals surface area contributed by atoms with E-state index in [9.17, 15) is 9.90 Å². The molecular weight excluding hydrogens is 170 g/mol. The molecule has 0 amide bonds. The molecule has 0 aromatic heterocycles. The van der Waals surface area contributed by atoms with Crippen LogP contribution in [-0.2, 0) is 9.53 Å². The molecule has 0 aromatic rings. The summed E-state index contributed by atoms with van der Waals surface area (Å²) in [5.74, 6) is -0.450. The van der Waals surface area contributed by atoms with E-state index in [1.54, 1.807) is 20.9 Å². The number of ether oxygens (including phenoxy) is 1. The van der Waals surface area contributed by atoms with Crippen molar-refractivity contribution in [1.29, 1.82) is 0 Å². The number of hydrogen-bond acceptors (Lipinski definition) is 4. The molecule has 0 aliphatic rings. The molecule has 0 bridgehead atoms. The van der Waals surface area contributed by atoms with Crippen molar-refractivity contribution >= 4 is 5.97 Å². The van der Waals surface area contributed by atoms with Crippen LogP contribution < -0.4 is 5.32 Å². The summed E-state index contributed by atoms with van der Waals surface area (Å²) in [5, 5.41) is 12.6. The van der Waals surface area contributed by atoms with E-state index >= 15 is 0 Å². The van der Waals surface area contributed by atoms with E-state index in [0.29, 0.717) is 12.1 Å². The number of hydrogen-bond donors (Lipinski definition) is 2. The average molecular weight is 187 g/mol. The van der Waals surface area contributed by atoms with Gasteiger partial charge in [-0.25, -0.2) is 4.79 Å². The number of carbonyl (C=O) groups excluding carboxylic acids is 1. The molecule has 4 heteroatoms. The van der Waals surface area contributed by atoms with Crippen molar-refractivity contribution in [3.8, 4) is 0 Å². The summed E-state index contributed by atoms with van der Waals surface area (Å²) >= 11 is 0. The SMILES string of the molecule is CNCC(C)(O)/C(C)=C/C(=O)OC. The normalized spacial score (nSPS) is 16.5. The van der Waals surface area contributed by atoms with E-state index < -0.39 is 11.6 Å². The molecule has 4 nitrogen and oxygen atoms in total. The fraction of sp³-hybridized carbons (Fsp3) is 0.667. The summed E-state index contributed by atoms with van der Waals surface area (Å²) in [6, 6.07) is 0. The predicted octanol–water partition coefficient (Wildman–Crippen LogP) is 0.0761. The molecule has 76 valence electrons. The standard InChI is InChI=1S/C9H17NO3/c1-7(5-8(11)13-4)9(2,12)6-10-3/h5,10,12H,6H2,1-4H3/b7-5+. The van der Waals surface area contributed by atoms with E-state index in [-0.39, 0.29) is 0 Å². The Bertz CT molecular complexity index is 209. The van der Waals surface area contributed by atoms with E-state index in [4.69, 9.17) is 0 Å². The highest BCUT2D eigenvalue weighted by Gasteiger charge is 2.22. The van der Waals surface area contributed by atoms with Crippen LogP contribution in [0.5, 0.6) is 0 Å². The van der Waals surface area contributed by atoms with Crippen LogP contribution >= 0.6 is 0 Å². The molecule has 0 aliphatic carbocycles. The second kappa shape index (κ2) is 4.99. The Morgan fingerprint density at radius 2 is 2.23 bits per heavy atom. The van der Waals surface area contributed by atoms with E-state index in [1.165, 1.54) is 13.2 Å². The monoisotopic (exact) mass is 187 g/mol. The number of rotatable bonds is 4. The lowest BCUT2D eigenvalue weighted by atomic mass is 9.97. The summed E-state index contributed by atoms with van der Waals surface area (Å²) in [5.41, 5.74) is -0.433. The zero-order valence-electron chi connectivity index (χ0n) is 8.55. The average Bonchev–Trinajstić information content (AvgIpc) is 2.04. The van der Waals surface area contributed by atoms with Crippen molar-refractivity contribution in [2.45, 2.75) is 19.4 Å². The van der Waals surface area contributed by atoms with Crippen LogP contribution in [0.1, 0.15) is 13.8 Å². The van der Waals surface area contributed by atoms with Crippen molar-refractivity contribution in [2.75, 3.05) is 20.7 Å². The number of carbonyl (C=O) groups is 1. The van der Waals surface area contributed by atoms with Gasteiger partial charge < -0.3 is 15.2 Å². The van der Waals surface area contributed by atoms with Gasteiger partial charge in [-0.1, -0.05) is 0 Å². The van der Waals surface area contributed by atoms with E-state index in [2.05, 4.69) is 10.1 Å². The molecule has 2 N–H and O–H groups in total. The van der Waals surface area contributed by atoms with Crippen LogP contribution in [0.15, 0.2) is 11.6 Å². The van der Waals surface area contributed by atoms with Crippen LogP contribution in [0.2, 0.25) is 0 Å². The third-order valence-electron chi connectivity index (χ3n) is 1.91. The minimum atomic E-state index is -1.01. The van der Waals surface area contributed by atoms with Gasteiger partial charge in [-0.3, -0.25) is 0 Å². The van der Waals surface area contributed by atoms with Crippen LogP contribution in [-0.4, -0.2) is 37.4 Å². The number of methoxy groups -OCH3 is 1. The van der Waals surface area contributed by atoms with Crippen molar-refractivity contribution in [3.05, 3.63) is 11.6 Å². The lowest BCUT2D eigenvalue weighted by molar-refractivity contribution is -0.135. The first-order valence-electron chi connectivity index (χ1n) is 4.07. The van der Waals surface area contributed by atoms with E-state index in [0.717, 1.165) is 0 Å². The molecule has 1 atom stereocenters. The third-order valence-corrected chi connectivity index (χ3v) is 1.91. The van der Waals surface area contributed by atoms with Crippen LogP contribution in [0.3, 0.4) is 0 Å². The molecule has 0 aliphatic heterocycles. The fourth-order valence-corrected chi connectivity index (χ4v) is 0.875. The smallest absolute Gasteiger partial charge is 0.330 e. The summed E-state index contributed by atoms with van der Waals surface area (Å²) in [6.07, 6.45) is 1.29. The minimum absolute atomic E-state index is 0.395. The van der Waals surface area contributed by atoms with Gasteiger partial charge in [-0.05, 0) is 26.5 Å². The maximum atomic E-state index is 10.8. The summed E-state index contributed by atoms with van der Waals surface area (Å²) in [6.45, 7) is 3.72. The van der Waals surface area contributed by atoms with Crippen LogP contribution in [0.4, 0.5) is 0 Å². The highest BCUT2D eigenvalue weighted by Crippen LogP contribution is 2.14. The minimum Gasteiger partial charge on any atom is -0.466 e. The zero-order chi connectivity index (χ0) is 10.5. The Balaban J connectivity index is 4.46. The van der Waals surface area contributed by atoms with Gasteiger partial charge in [0.15, 0.2) is 0 Å². The fourth-order valence-electron chi connectivity index (χ4n) is 0.875. The zero-order valence-corrected chi connectivity index (χ0v) is 8.55. The Morgan fingerprint density at radius 3 is 2.62 bits per heavy atom. The van der Waals surface area contributed by atoms with Gasteiger partial charge in [0, 0.05) is 12.6 Å². The molecule has 0 fully saturated rings. The van der Waals surface area contributed by atoms with Gasteiger partial charge in [-0.2, -0.15) is 0 Å². The van der Waals surface area contributed by atoms with Crippen LogP contribution in [0, 0.1) is 0 Å². The molecule has 0 heterocycles. The van der Waals surface area contributed by atoms with Gasteiger partial charge in [0.05, 0.1) is 12.7 Å². The second-order valence-electron chi connectivity index (χ2n) is 3.15. The second-order valence-corrected chi connectivity index (χ2v) is 3.15. The molecule has 0 saturated carbocycles. The quantitative estimate of drug-likeness (QED) is 0.483. The molecule has 0 radical (unpaired) electrons. The lowest BCUT2D eigenvalue weighted by Gasteiger charge is -2.23. The summed E-state index contributed by atoms with van der Waals surface area (Å²) in [7, 11) is 3.04. The molecule has 13 heavy (non-hydrogen) atoms. The first kappa shape index (κ1) is 12.1. The van der Waals surface area contributed by atoms with Gasteiger partial charge >= 0.3 is 5.97 Å². The highest BCUT2D eigenvalue weighted by atomic mass is 16.5. The van der Waals surface area contributed by atoms with Crippen molar-refractivity contribution in [2.24, 2.45) is 0 Å². The molecule has 1 unspecified atom stereocenters. The number of esters is 1. The number of likely N-dealkylation sites (N-methyl/N-ethyl adjacent to an activating group) is 1. The molecule has 0 aromatic carbocycles. The molecule has 0 rings (SSSR count).